The van der Waals surface area contributed by atoms with Crippen LogP contribution in [-0.2, 0) is 14.3 Å². The van der Waals surface area contributed by atoms with E-state index in [0.29, 0.717) is 0 Å². The van der Waals surface area contributed by atoms with E-state index >= 15 is 0 Å². The number of carbonyl (C=O) groups is 2. The minimum atomic E-state index is -0.489. The molecule has 1 amide bonds. The summed E-state index contributed by atoms with van der Waals surface area (Å²) >= 11 is 0. The zero-order valence-corrected chi connectivity index (χ0v) is 16.0. The van der Waals surface area contributed by atoms with Gasteiger partial charge in [0.1, 0.15) is 0 Å². The van der Waals surface area contributed by atoms with Gasteiger partial charge in [-0.1, -0.05) is 30.3 Å². The van der Waals surface area contributed by atoms with Crippen LogP contribution in [0.5, 0.6) is 0 Å². The van der Waals surface area contributed by atoms with Crippen LogP contribution in [0.1, 0.15) is 51.0 Å². The molecule has 5 rings (SSSR count). The third-order valence-electron chi connectivity index (χ3n) is 6.94. The maximum atomic E-state index is 12.3. The van der Waals surface area contributed by atoms with E-state index in [1.54, 1.807) is 6.08 Å². The summed E-state index contributed by atoms with van der Waals surface area (Å²) < 4.78 is 5.11. The minimum Gasteiger partial charge on any atom is -0.452 e. The number of ether oxygens (including phenoxy) is 1. The average Bonchev–Trinajstić information content (AvgIpc) is 2.64. The molecule has 4 aliphatic carbocycles. The SMILES string of the molecule is C[C@@H](NC(=O)COC(=O)/C=C/c1ccccc1)C12CC3CC(CC(C3)C1)C2. The summed E-state index contributed by atoms with van der Waals surface area (Å²) in [5, 5.41) is 3.13. The molecule has 4 bridgehead atoms. The van der Waals surface area contributed by atoms with Gasteiger partial charge < -0.3 is 10.1 Å². The highest BCUT2D eigenvalue weighted by atomic mass is 16.5. The second kappa shape index (κ2) is 7.49. The largest absolute Gasteiger partial charge is 0.452 e. The highest BCUT2D eigenvalue weighted by Crippen LogP contribution is 2.61. The highest BCUT2D eigenvalue weighted by Gasteiger charge is 2.53. The van der Waals surface area contributed by atoms with Crippen LogP contribution in [0.4, 0.5) is 0 Å². The fourth-order valence-corrected chi connectivity index (χ4v) is 6.06. The van der Waals surface area contributed by atoms with Crippen LogP contribution in [-0.4, -0.2) is 24.5 Å². The summed E-state index contributed by atoms with van der Waals surface area (Å²) in [6.45, 7) is 1.93. The summed E-state index contributed by atoms with van der Waals surface area (Å²) in [5.74, 6) is 1.89. The fraction of sp³-hybridized carbons (Fsp3) is 0.565. The number of amides is 1. The molecule has 4 nitrogen and oxygen atoms in total. The van der Waals surface area contributed by atoms with Gasteiger partial charge in [-0.05, 0) is 80.3 Å². The van der Waals surface area contributed by atoms with Gasteiger partial charge in [-0.25, -0.2) is 4.79 Å². The smallest absolute Gasteiger partial charge is 0.331 e. The zero-order chi connectivity index (χ0) is 18.9. The molecule has 0 radical (unpaired) electrons. The second-order valence-electron chi connectivity index (χ2n) is 8.92. The van der Waals surface area contributed by atoms with Crippen molar-refractivity contribution in [3.05, 3.63) is 42.0 Å². The molecule has 0 aromatic heterocycles. The predicted octanol–water partition coefficient (Wildman–Crippen LogP) is 3.96. The van der Waals surface area contributed by atoms with Gasteiger partial charge in [0.2, 0.25) is 0 Å². The van der Waals surface area contributed by atoms with Crippen LogP contribution >= 0.6 is 0 Å². The summed E-state index contributed by atoms with van der Waals surface area (Å²) in [4.78, 5) is 24.2. The van der Waals surface area contributed by atoms with E-state index in [-0.39, 0.29) is 24.0 Å². The molecule has 1 aromatic rings. The number of rotatable bonds is 6. The van der Waals surface area contributed by atoms with E-state index in [9.17, 15) is 9.59 Å². The van der Waals surface area contributed by atoms with Gasteiger partial charge in [-0.3, -0.25) is 4.79 Å². The minimum absolute atomic E-state index is 0.150. The number of hydrogen-bond donors (Lipinski definition) is 1. The third-order valence-corrected chi connectivity index (χ3v) is 6.94. The van der Waals surface area contributed by atoms with E-state index in [2.05, 4.69) is 12.2 Å². The first-order valence-electron chi connectivity index (χ1n) is 10.2. The standard InChI is InChI=1S/C23H29NO3/c1-16(23-12-18-9-19(13-23)11-20(10-18)14-23)24-21(25)15-27-22(26)8-7-17-5-3-2-4-6-17/h2-8,16,18-20H,9-15H2,1H3,(H,24,25)/b8-7+/t16-,18?,19?,20?,23?/m1/s1. The van der Waals surface area contributed by atoms with Crippen molar-refractivity contribution in [2.75, 3.05) is 6.61 Å². The molecular formula is C23H29NO3. The Hall–Kier alpha value is -2.10. The molecule has 0 spiro atoms. The van der Waals surface area contributed by atoms with Gasteiger partial charge in [0, 0.05) is 12.1 Å². The molecule has 1 atom stereocenters. The van der Waals surface area contributed by atoms with E-state index < -0.39 is 5.97 Å². The lowest BCUT2D eigenvalue weighted by molar-refractivity contribution is -0.145. The topological polar surface area (TPSA) is 55.4 Å². The van der Waals surface area contributed by atoms with Crippen molar-refractivity contribution in [2.45, 2.75) is 51.5 Å². The summed E-state index contributed by atoms with van der Waals surface area (Å²) in [5.41, 5.74) is 1.19. The average molecular weight is 367 g/mol. The molecule has 4 heteroatoms. The Labute approximate surface area is 161 Å². The van der Waals surface area contributed by atoms with Crippen LogP contribution in [0.25, 0.3) is 6.08 Å². The summed E-state index contributed by atoms with van der Waals surface area (Å²) in [7, 11) is 0. The van der Waals surface area contributed by atoms with Crippen LogP contribution in [0.2, 0.25) is 0 Å². The number of hydrogen-bond acceptors (Lipinski definition) is 3. The molecule has 0 saturated heterocycles. The summed E-state index contributed by atoms with van der Waals surface area (Å²) in [6.07, 6.45) is 11.0. The lowest BCUT2D eigenvalue weighted by Crippen LogP contribution is -2.56. The van der Waals surface area contributed by atoms with E-state index in [0.717, 1.165) is 23.3 Å². The lowest BCUT2D eigenvalue weighted by atomic mass is 9.48. The Morgan fingerprint density at radius 3 is 2.30 bits per heavy atom. The van der Waals surface area contributed by atoms with Gasteiger partial charge in [0.05, 0.1) is 0 Å². The Kier molecular flexibility index (Phi) is 5.07. The molecule has 4 saturated carbocycles. The monoisotopic (exact) mass is 367 g/mol. The third kappa shape index (κ3) is 4.10. The Balaban J connectivity index is 1.26. The number of carbonyl (C=O) groups excluding carboxylic acids is 2. The second-order valence-corrected chi connectivity index (χ2v) is 8.92. The first-order valence-corrected chi connectivity index (χ1v) is 10.2. The Morgan fingerprint density at radius 1 is 1.11 bits per heavy atom. The fourth-order valence-electron chi connectivity index (χ4n) is 6.06. The normalized spacial score (nSPS) is 32.4. The quantitative estimate of drug-likeness (QED) is 0.611. The molecule has 0 heterocycles. The summed E-state index contributed by atoms with van der Waals surface area (Å²) in [6, 6.07) is 9.70. The molecule has 27 heavy (non-hydrogen) atoms. The molecule has 0 unspecified atom stereocenters. The van der Waals surface area contributed by atoms with Crippen molar-refractivity contribution in [3.8, 4) is 0 Å². The predicted molar refractivity (Wildman–Crippen MR) is 105 cm³/mol. The van der Waals surface area contributed by atoms with Gasteiger partial charge in [0.25, 0.3) is 5.91 Å². The van der Waals surface area contributed by atoms with Crippen molar-refractivity contribution < 1.29 is 14.3 Å². The molecule has 144 valence electrons. The van der Waals surface area contributed by atoms with Crippen molar-refractivity contribution in [2.24, 2.45) is 23.2 Å². The number of nitrogens with one attached hydrogen (secondary N) is 1. The molecule has 4 fully saturated rings. The highest BCUT2D eigenvalue weighted by molar-refractivity contribution is 5.89. The van der Waals surface area contributed by atoms with Crippen molar-refractivity contribution in [1.82, 2.24) is 5.32 Å². The number of esters is 1. The molecule has 1 N–H and O–H groups in total. The van der Waals surface area contributed by atoms with Gasteiger partial charge in [0.15, 0.2) is 6.61 Å². The van der Waals surface area contributed by atoms with Crippen LogP contribution in [0, 0.1) is 23.2 Å². The van der Waals surface area contributed by atoms with Gasteiger partial charge in [-0.15, -0.1) is 0 Å². The Bertz CT molecular complexity index is 689. The van der Waals surface area contributed by atoms with Gasteiger partial charge >= 0.3 is 5.97 Å². The maximum Gasteiger partial charge on any atom is 0.331 e. The zero-order valence-electron chi connectivity index (χ0n) is 16.0. The van der Waals surface area contributed by atoms with Crippen molar-refractivity contribution in [3.63, 3.8) is 0 Å². The van der Waals surface area contributed by atoms with E-state index in [1.807, 2.05) is 30.3 Å². The number of benzene rings is 1. The molecular weight excluding hydrogens is 338 g/mol. The van der Waals surface area contributed by atoms with Gasteiger partial charge in [-0.2, -0.15) is 0 Å². The van der Waals surface area contributed by atoms with Crippen LogP contribution in [0.3, 0.4) is 0 Å². The molecule has 4 aliphatic rings. The maximum absolute atomic E-state index is 12.3. The van der Waals surface area contributed by atoms with Crippen molar-refractivity contribution in [1.29, 1.82) is 0 Å². The Morgan fingerprint density at radius 2 is 1.70 bits per heavy atom. The molecule has 0 aliphatic heterocycles. The van der Waals surface area contributed by atoms with Crippen molar-refractivity contribution >= 4 is 18.0 Å². The first-order chi connectivity index (χ1) is 13.0. The van der Waals surface area contributed by atoms with E-state index in [4.69, 9.17) is 4.74 Å². The first kappa shape index (κ1) is 18.3. The molecule has 1 aromatic carbocycles. The van der Waals surface area contributed by atoms with E-state index in [1.165, 1.54) is 44.6 Å². The lowest BCUT2D eigenvalue weighted by Gasteiger charge is -2.59. The van der Waals surface area contributed by atoms with Crippen LogP contribution < -0.4 is 5.32 Å². The van der Waals surface area contributed by atoms with Crippen LogP contribution in [0.15, 0.2) is 36.4 Å².